The lowest BCUT2D eigenvalue weighted by Crippen LogP contribution is -2.37. The predicted molar refractivity (Wildman–Crippen MR) is 92.9 cm³/mol. The van der Waals surface area contributed by atoms with Crippen LogP contribution in [0.25, 0.3) is 0 Å². The molecule has 2 aromatic heterocycles. The van der Waals surface area contributed by atoms with Gasteiger partial charge in [0.15, 0.2) is 0 Å². The smallest absolute Gasteiger partial charge is 0.355 e. The molecule has 148 valence electrons. The number of aryl methyl sites for hydroxylation is 2. The number of hydrogen-bond donors (Lipinski definition) is 1. The number of rotatable bonds is 4. The summed E-state index contributed by atoms with van der Waals surface area (Å²) in [5.41, 5.74) is 0.145. The van der Waals surface area contributed by atoms with E-state index in [-0.39, 0.29) is 10.9 Å². The molecule has 11 heteroatoms. The minimum Gasteiger partial charge on any atom is -0.355 e. The molecule has 0 amide bonds. The topological polar surface area (TPSA) is 80.1 Å². The molecule has 1 aliphatic rings. The Kier molecular flexibility index (Phi) is 4.93. The molecule has 0 spiro atoms. The summed E-state index contributed by atoms with van der Waals surface area (Å²) in [6, 6.07) is 1.91. The van der Waals surface area contributed by atoms with Crippen molar-refractivity contribution in [3.63, 3.8) is 0 Å². The highest BCUT2D eigenvalue weighted by molar-refractivity contribution is 7.89. The van der Waals surface area contributed by atoms with Crippen molar-refractivity contribution in [1.82, 2.24) is 19.5 Å². The maximum Gasteiger partial charge on any atom is 0.417 e. The molecule has 0 bridgehead atoms. The van der Waals surface area contributed by atoms with Crippen molar-refractivity contribution in [2.24, 2.45) is 7.05 Å². The fourth-order valence-corrected chi connectivity index (χ4v) is 4.93. The summed E-state index contributed by atoms with van der Waals surface area (Å²) in [7, 11) is -2.07. The summed E-state index contributed by atoms with van der Waals surface area (Å²) < 4.78 is 67.5. The number of pyridine rings is 1. The summed E-state index contributed by atoms with van der Waals surface area (Å²) >= 11 is 0. The lowest BCUT2D eigenvalue weighted by molar-refractivity contribution is -0.137. The van der Waals surface area contributed by atoms with Crippen molar-refractivity contribution in [1.29, 1.82) is 0 Å². The molecule has 7 nitrogen and oxygen atoms in total. The number of nitrogens with zero attached hydrogens (tertiary/aromatic N) is 4. The third-order valence-corrected chi connectivity index (χ3v) is 6.39. The van der Waals surface area contributed by atoms with Gasteiger partial charge in [0.2, 0.25) is 10.0 Å². The van der Waals surface area contributed by atoms with Crippen LogP contribution in [0.5, 0.6) is 0 Å². The maximum absolute atomic E-state index is 12.7. The van der Waals surface area contributed by atoms with Crippen molar-refractivity contribution < 1.29 is 21.6 Å². The van der Waals surface area contributed by atoms with E-state index in [0.717, 1.165) is 12.3 Å². The zero-order chi connectivity index (χ0) is 20.0. The summed E-state index contributed by atoms with van der Waals surface area (Å²) in [4.78, 5) is 5.79. The van der Waals surface area contributed by atoms with Crippen LogP contribution in [0.3, 0.4) is 0 Å². The lowest BCUT2D eigenvalue weighted by Gasteiger charge is -2.18. The zero-order valence-electron chi connectivity index (χ0n) is 15.1. The van der Waals surface area contributed by atoms with Crippen molar-refractivity contribution in [2.75, 3.05) is 18.0 Å². The first-order chi connectivity index (χ1) is 12.5. The maximum atomic E-state index is 12.7. The normalized spacial score (nSPS) is 18.3. The Morgan fingerprint density at radius 1 is 1.26 bits per heavy atom. The summed E-state index contributed by atoms with van der Waals surface area (Å²) in [6.45, 7) is 4.14. The number of nitrogens with one attached hydrogen (secondary N) is 1. The molecule has 1 aliphatic heterocycles. The minimum absolute atomic E-state index is 0.163. The average Bonchev–Trinajstić information content (AvgIpc) is 3.11. The molecule has 3 rings (SSSR count). The van der Waals surface area contributed by atoms with Crippen molar-refractivity contribution in [2.45, 2.75) is 37.4 Å². The Hall–Kier alpha value is -2.14. The summed E-state index contributed by atoms with van der Waals surface area (Å²) in [5.74, 6) is 0.387. The molecule has 1 N–H and O–H groups in total. The molecule has 0 radical (unpaired) electrons. The Morgan fingerprint density at radius 2 is 1.96 bits per heavy atom. The van der Waals surface area contributed by atoms with E-state index in [1.807, 2.05) is 0 Å². The molecule has 3 heterocycles. The highest BCUT2D eigenvalue weighted by Gasteiger charge is 2.33. The number of aromatic nitrogens is 3. The third-order valence-electron chi connectivity index (χ3n) is 4.62. The highest BCUT2D eigenvalue weighted by Crippen LogP contribution is 2.30. The van der Waals surface area contributed by atoms with Crippen LogP contribution in [0.15, 0.2) is 23.2 Å². The van der Waals surface area contributed by atoms with Gasteiger partial charge < -0.3 is 4.90 Å². The molecule has 0 aliphatic carbocycles. The van der Waals surface area contributed by atoms with Crippen LogP contribution in [0.4, 0.5) is 19.0 Å². The van der Waals surface area contributed by atoms with Gasteiger partial charge in [-0.2, -0.15) is 18.3 Å². The van der Waals surface area contributed by atoms with Gasteiger partial charge in [-0.3, -0.25) is 4.68 Å². The van der Waals surface area contributed by atoms with E-state index < -0.39 is 21.8 Å². The van der Waals surface area contributed by atoms with Crippen LogP contribution in [0, 0.1) is 13.8 Å². The Balaban J connectivity index is 1.71. The van der Waals surface area contributed by atoms with E-state index in [0.29, 0.717) is 36.7 Å². The Labute approximate surface area is 155 Å². The monoisotopic (exact) mass is 403 g/mol. The van der Waals surface area contributed by atoms with Gasteiger partial charge in [0, 0.05) is 32.4 Å². The van der Waals surface area contributed by atoms with E-state index in [2.05, 4.69) is 14.8 Å². The number of alkyl halides is 3. The van der Waals surface area contributed by atoms with Crippen LogP contribution >= 0.6 is 0 Å². The van der Waals surface area contributed by atoms with Crippen molar-refractivity contribution in [3.05, 3.63) is 35.3 Å². The fraction of sp³-hybridized carbons (Fsp3) is 0.500. The molecule has 0 saturated carbocycles. The number of hydrogen-bond acceptors (Lipinski definition) is 5. The molecule has 1 fully saturated rings. The van der Waals surface area contributed by atoms with Gasteiger partial charge in [-0.1, -0.05) is 0 Å². The molecule has 1 atom stereocenters. The van der Waals surface area contributed by atoms with Crippen LogP contribution in [-0.2, 0) is 23.2 Å². The van der Waals surface area contributed by atoms with E-state index in [1.54, 1.807) is 25.8 Å². The minimum atomic E-state index is -4.44. The first-order valence-electron chi connectivity index (χ1n) is 8.30. The zero-order valence-corrected chi connectivity index (χ0v) is 15.9. The molecular formula is C16H20F3N5O2S. The second-order valence-electron chi connectivity index (χ2n) is 6.58. The van der Waals surface area contributed by atoms with Crippen LogP contribution in [-0.4, -0.2) is 42.3 Å². The first kappa shape index (κ1) is 19.6. The van der Waals surface area contributed by atoms with Crippen LogP contribution < -0.4 is 9.62 Å². The fourth-order valence-electron chi connectivity index (χ4n) is 3.23. The lowest BCUT2D eigenvalue weighted by atomic mass is 10.3. The number of sulfonamides is 1. The quantitative estimate of drug-likeness (QED) is 0.845. The second-order valence-corrected chi connectivity index (χ2v) is 8.23. The SMILES string of the molecule is Cc1nn(C)c(C)c1S(=O)(=O)NC1CCN(c2ccc(C(F)(F)F)cn2)C1. The summed E-state index contributed by atoms with van der Waals surface area (Å²) in [6.07, 6.45) is -3.12. The number of anilines is 1. The molecule has 2 aromatic rings. The van der Waals surface area contributed by atoms with Gasteiger partial charge in [0.25, 0.3) is 0 Å². The largest absolute Gasteiger partial charge is 0.417 e. The average molecular weight is 403 g/mol. The van der Waals surface area contributed by atoms with E-state index >= 15 is 0 Å². The van der Waals surface area contributed by atoms with E-state index in [9.17, 15) is 21.6 Å². The van der Waals surface area contributed by atoms with Crippen molar-refractivity contribution >= 4 is 15.8 Å². The van der Waals surface area contributed by atoms with E-state index in [4.69, 9.17) is 0 Å². The van der Waals surface area contributed by atoms with Crippen LogP contribution in [0.1, 0.15) is 23.4 Å². The van der Waals surface area contributed by atoms with E-state index in [1.165, 1.54) is 10.7 Å². The molecule has 1 saturated heterocycles. The van der Waals surface area contributed by atoms with Gasteiger partial charge in [0.05, 0.1) is 17.0 Å². The summed E-state index contributed by atoms with van der Waals surface area (Å²) in [5, 5.41) is 4.13. The third kappa shape index (κ3) is 3.93. The van der Waals surface area contributed by atoms with Crippen LogP contribution in [0.2, 0.25) is 0 Å². The molecule has 0 aromatic carbocycles. The number of halogens is 3. The Bertz CT molecular complexity index is 938. The molecule has 27 heavy (non-hydrogen) atoms. The van der Waals surface area contributed by atoms with Gasteiger partial charge in [0.1, 0.15) is 10.7 Å². The van der Waals surface area contributed by atoms with Gasteiger partial charge >= 0.3 is 6.18 Å². The van der Waals surface area contributed by atoms with Gasteiger partial charge in [-0.05, 0) is 32.4 Å². The Morgan fingerprint density at radius 3 is 2.48 bits per heavy atom. The second kappa shape index (κ2) is 6.79. The van der Waals surface area contributed by atoms with Gasteiger partial charge in [-0.15, -0.1) is 0 Å². The predicted octanol–water partition coefficient (Wildman–Crippen LogP) is 2.01. The molecular weight excluding hydrogens is 383 g/mol. The van der Waals surface area contributed by atoms with Gasteiger partial charge in [-0.25, -0.2) is 18.1 Å². The molecule has 1 unspecified atom stereocenters. The first-order valence-corrected chi connectivity index (χ1v) is 9.78. The standard InChI is InChI=1S/C16H20F3N5O2S/c1-10-15(11(2)23(3)21-10)27(25,26)22-13-6-7-24(9-13)14-5-4-12(8-20-14)16(17,18)19/h4-5,8,13,22H,6-7,9H2,1-3H3. The highest BCUT2D eigenvalue weighted by atomic mass is 32.2. The van der Waals surface area contributed by atoms with Crippen molar-refractivity contribution in [3.8, 4) is 0 Å².